The molecule has 6 heteroatoms. The van der Waals surface area contributed by atoms with Crippen LogP contribution in [0.4, 0.5) is 0 Å². The largest absolute Gasteiger partial charge is 0.364 e. The van der Waals surface area contributed by atoms with Crippen LogP contribution in [0.3, 0.4) is 0 Å². The molecule has 0 aliphatic carbocycles. The number of carbonyl (C=O) groups is 2. The van der Waals surface area contributed by atoms with Crippen molar-refractivity contribution < 1.29 is 14.1 Å². The number of nitrogens with zero attached hydrogens (tertiary/aromatic N) is 3. The maximum absolute atomic E-state index is 12.3. The maximum Gasteiger partial charge on any atom is 0.228 e. The van der Waals surface area contributed by atoms with Gasteiger partial charge in [0.2, 0.25) is 11.8 Å². The first kappa shape index (κ1) is 14.6. The van der Waals surface area contributed by atoms with Crippen molar-refractivity contribution in [2.45, 2.75) is 26.8 Å². The molecule has 0 aromatic carbocycles. The summed E-state index contributed by atoms with van der Waals surface area (Å²) < 4.78 is 4.75. The minimum Gasteiger partial charge on any atom is -0.364 e. The van der Waals surface area contributed by atoms with Gasteiger partial charge in [0.25, 0.3) is 0 Å². The van der Waals surface area contributed by atoms with E-state index < -0.39 is 0 Å². The van der Waals surface area contributed by atoms with Gasteiger partial charge in [-0.3, -0.25) is 9.59 Å². The molecule has 1 fully saturated rings. The van der Waals surface area contributed by atoms with E-state index in [4.69, 9.17) is 4.52 Å². The smallest absolute Gasteiger partial charge is 0.228 e. The molecule has 20 heavy (non-hydrogen) atoms. The van der Waals surface area contributed by atoms with Crippen LogP contribution in [-0.4, -0.2) is 46.9 Å². The molecule has 0 N–H and O–H groups in total. The third-order valence-corrected chi connectivity index (χ3v) is 3.42. The highest BCUT2D eigenvalue weighted by Crippen LogP contribution is 2.21. The average molecular weight is 279 g/mol. The van der Waals surface area contributed by atoms with Crippen molar-refractivity contribution in [2.24, 2.45) is 11.8 Å². The molecule has 1 aliphatic rings. The summed E-state index contributed by atoms with van der Waals surface area (Å²) in [6.07, 6.45) is 1.80. The summed E-state index contributed by atoms with van der Waals surface area (Å²) in [5.41, 5.74) is 0.712. The second kappa shape index (κ2) is 6.07. The first-order valence-electron chi connectivity index (χ1n) is 6.89. The number of hydrogen-bond acceptors (Lipinski definition) is 4. The van der Waals surface area contributed by atoms with Crippen LogP contribution < -0.4 is 0 Å². The summed E-state index contributed by atoms with van der Waals surface area (Å²) in [4.78, 5) is 27.6. The minimum absolute atomic E-state index is 0.00685. The first-order valence-corrected chi connectivity index (χ1v) is 6.89. The zero-order valence-corrected chi connectivity index (χ0v) is 12.2. The Morgan fingerprint density at radius 1 is 1.60 bits per heavy atom. The van der Waals surface area contributed by atoms with E-state index in [9.17, 15) is 9.59 Å². The van der Waals surface area contributed by atoms with E-state index in [2.05, 4.69) is 19.0 Å². The molecule has 2 heterocycles. The molecular weight excluding hydrogens is 258 g/mol. The molecule has 1 unspecified atom stereocenters. The van der Waals surface area contributed by atoms with Gasteiger partial charge in [0.1, 0.15) is 12.0 Å². The normalized spacial score (nSPS) is 18.9. The lowest BCUT2D eigenvalue weighted by Gasteiger charge is -2.21. The molecule has 0 bridgehead atoms. The zero-order valence-electron chi connectivity index (χ0n) is 12.2. The minimum atomic E-state index is -0.238. The lowest BCUT2D eigenvalue weighted by atomic mass is 10.1. The van der Waals surface area contributed by atoms with Crippen molar-refractivity contribution in [1.82, 2.24) is 15.0 Å². The van der Waals surface area contributed by atoms with E-state index in [0.29, 0.717) is 31.1 Å². The Kier molecular flexibility index (Phi) is 4.42. The lowest BCUT2D eigenvalue weighted by Crippen LogP contribution is -2.35. The van der Waals surface area contributed by atoms with Gasteiger partial charge in [-0.25, -0.2) is 0 Å². The molecule has 0 radical (unpaired) electrons. The predicted octanol–water partition coefficient (Wildman–Crippen LogP) is 1.14. The fraction of sp³-hybridized carbons (Fsp3) is 0.643. The number of rotatable bonds is 5. The Morgan fingerprint density at radius 2 is 2.35 bits per heavy atom. The van der Waals surface area contributed by atoms with Gasteiger partial charge in [0.15, 0.2) is 0 Å². The molecule has 2 rings (SSSR count). The highest BCUT2D eigenvalue weighted by Gasteiger charge is 2.35. The predicted molar refractivity (Wildman–Crippen MR) is 72.5 cm³/mol. The second-order valence-electron chi connectivity index (χ2n) is 5.78. The maximum atomic E-state index is 12.3. The summed E-state index contributed by atoms with van der Waals surface area (Å²) >= 11 is 0. The monoisotopic (exact) mass is 279 g/mol. The van der Waals surface area contributed by atoms with Crippen LogP contribution >= 0.6 is 0 Å². The molecular formula is C14H21N3O3. The molecule has 1 saturated heterocycles. The van der Waals surface area contributed by atoms with E-state index >= 15 is 0 Å². The Hall–Kier alpha value is -1.85. The van der Waals surface area contributed by atoms with Gasteiger partial charge in [-0.2, -0.15) is 0 Å². The van der Waals surface area contributed by atoms with Crippen molar-refractivity contribution in [2.75, 3.05) is 20.1 Å². The summed E-state index contributed by atoms with van der Waals surface area (Å²) in [6, 6.07) is 1.73. The Labute approximate surface area is 118 Å². The standard InChI is InChI=1S/C14H21N3O3/c1-10(2)7-17-8-11(6-13(17)18)14(19)16(3)9-12-4-5-20-15-12/h4-5,10-11H,6-9H2,1-3H3. The molecule has 6 nitrogen and oxygen atoms in total. The van der Waals surface area contributed by atoms with Crippen molar-refractivity contribution >= 4 is 11.8 Å². The van der Waals surface area contributed by atoms with Crippen LogP contribution in [-0.2, 0) is 16.1 Å². The third kappa shape index (κ3) is 3.37. The SMILES string of the molecule is CC(C)CN1CC(C(=O)N(C)Cc2ccon2)CC1=O. The Morgan fingerprint density at radius 3 is 2.95 bits per heavy atom. The quantitative estimate of drug-likeness (QED) is 0.810. The van der Waals surface area contributed by atoms with Crippen LogP contribution in [0.2, 0.25) is 0 Å². The van der Waals surface area contributed by atoms with Crippen molar-refractivity contribution in [3.63, 3.8) is 0 Å². The fourth-order valence-electron chi connectivity index (χ4n) is 2.51. The zero-order chi connectivity index (χ0) is 14.7. The molecule has 0 spiro atoms. The number of hydrogen-bond donors (Lipinski definition) is 0. The molecule has 1 atom stereocenters. The van der Waals surface area contributed by atoms with Crippen LogP contribution in [0.15, 0.2) is 16.9 Å². The van der Waals surface area contributed by atoms with Crippen LogP contribution in [0.25, 0.3) is 0 Å². The molecule has 0 saturated carbocycles. The van der Waals surface area contributed by atoms with E-state index in [1.807, 2.05) is 0 Å². The van der Waals surface area contributed by atoms with Gasteiger partial charge in [-0.15, -0.1) is 0 Å². The highest BCUT2D eigenvalue weighted by atomic mass is 16.5. The van der Waals surface area contributed by atoms with Gasteiger partial charge in [0.05, 0.1) is 12.5 Å². The van der Waals surface area contributed by atoms with E-state index in [0.717, 1.165) is 6.54 Å². The summed E-state index contributed by atoms with van der Waals surface area (Å²) in [5.74, 6) is 0.248. The fourth-order valence-corrected chi connectivity index (χ4v) is 2.51. The van der Waals surface area contributed by atoms with Gasteiger partial charge in [-0.05, 0) is 5.92 Å². The van der Waals surface area contributed by atoms with Crippen LogP contribution in [0.1, 0.15) is 26.0 Å². The first-order chi connectivity index (χ1) is 9.47. The van der Waals surface area contributed by atoms with Gasteiger partial charge in [-0.1, -0.05) is 19.0 Å². The van der Waals surface area contributed by atoms with E-state index in [-0.39, 0.29) is 17.7 Å². The van der Waals surface area contributed by atoms with Gasteiger partial charge < -0.3 is 14.3 Å². The van der Waals surface area contributed by atoms with E-state index in [1.165, 1.54) is 6.26 Å². The Bertz CT molecular complexity index is 470. The van der Waals surface area contributed by atoms with Crippen molar-refractivity contribution in [3.8, 4) is 0 Å². The van der Waals surface area contributed by atoms with Crippen molar-refractivity contribution in [3.05, 3.63) is 18.0 Å². The molecule has 1 aliphatic heterocycles. The summed E-state index contributed by atoms with van der Waals surface area (Å²) in [6.45, 7) is 5.79. The second-order valence-corrected chi connectivity index (χ2v) is 5.78. The van der Waals surface area contributed by atoms with Crippen LogP contribution in [0, 0.1) is 11.8 Å². The van der Waals surface area contributed by atoms with E-state index in [1.54, 1.807) is 22.9 Å². The Balaban J connectivity index is 1.91. The summed E-state index contributed by atoms with van der Waals surface area (Å²) in [5, 5.41) is 3.79. The number of likely N-dealkylation sites (tertiary alicyclic amines) is 1. The average Bonchev–Trinajstić information content (AvgIpc) is 2.99. The van der Waals surface area contributed by atoms with Crippen molar-refractivity contribution in [1.29, 1.82) is 0 Å². The molecule has 2 amide bonds. The summed E-state index contributed by atoms with van der Waals surface area (Å²) in [7, 11) is 1.73. The lowest BCUT2D eigenvalue weighted by molar-refractivity contribution is -0.135. The van der Waals surface area contributed by atoms with Gasteiger partial charge in [0, 0.05) is 32.6 Å². The topological polar surface area (TPSA) is 66.7 Å². The highest BCUT2D eigenvalue weighted by molar-refractivity contribution is 5.89. The number of aromatic nitrogens is 1. The molecule has 1 aromatic heterocycles. The van der Waals surface area contributed by atoms with Gasteiger partial charge >= 0.3 is 0 Å². The third-order valence-electron chi connectivity index (χ3n) is 3.42. The van der Waals surface area contributed by atoms with Crippen LogP contribution in [0.5, 0.6) is 0 Å². The number of amides is 2. The molecule has 1 aromatic rings. The molecule has 110 valence electrons. The number of carbonyl (C=O) groups excluding carboxylic acids is 2.